The van der Waals surface area contributed by atoms with E-state index < -0.39 is 5.63 Å². The first-order valence-corrected chi connectivity index (χ1v) is 7.11. The number of ether oxygens (including phenoxy) is 2. The van der Waals surface area contributed by atoms with Crippen LogP contribution in [0.3, 0.4) is 0 Å². The first kappa shape index (κ1) is 15.5. The Balaban J connectivity index is 1.64. The lowest BCUT2D eigenvalue weighted by molar-refractivity contribution is -0.118. The van der Waals surface area contributed by atoms with Gasteiger partial charge in [0, 0.05) is 35.5 Å². The number of hydrogen-bond donors (Lipinski definition) is 1. The van der Waals surface area contributed by atoms with Gasteiger partial charge in [0.1, 0.15) is 11.3 Å². The Morgan fingerprint density at radius 1 is 1.21 bits per heavy atom. The van der Waals surface area contributed by atoms with Crippen LogP contribution in [0.2, 0.25) is 0 Å². The normalized spacial score (nSPS) is 10.4. The number of fused-ring (bicyclic) bond motifs is 1. The molecule has 0 fully saturated rings. The molecule has 7 heteroatoms. The van der Waals surface area contributed by atoms with Crippen LogP contribution in [0.4, 0.5) is 5.69 Å². The molecule has 7 nitrogen and oxygen atoms in total. The zero-order valence-electron chi connectivity index (χ0n) is 12.8. The van der Waals surface area contributed by atoms with Gasteiger partial charge in [-0.1, -0.05) is 0 Å². The van der Waals surface area contributed by atoms with Crippen molar-refractivity contribution in [1.82, 2.24) is 4.98 Å². The van der Waals surface area contributed by atoms with Gasteiger partial charge in [0.15, 0.2) is 6.61 Å². The van der Waals surface area contributed by atoms with Crippen LogP contribution < -0.4 is 20.4 Å². The number of methoxy groups -OCH3 is 1. The molecule has 0 aliphatic rings. The summed E-state index contributed by atoms with van der Waals surface area (Å²) in [7, 11) is 1.50. The smallest absolute Gasteiger partial charge is 0.336 e. The Labute approximate surface area is 136 Å². The first-order valence-electron chi connectivity index (χ1n) is 7.11. The Bertz CT molecular complexity index is 935. The fraction of sp³-hybridized carbons (Fsp3) is 0.118. The average molecular weight is 326 g/mol. The molecule has 0 aliphatic carbocycles. The second-order valence-electron chi connectivity index (χ2n) is 4.88. The van der Waals surface area contributed by atoms with Crippen molar-refractivity contribution in [3.8, 4) is 11.6 Å². The van der Waals surface area contributed by atoms with Gasteiger partial charge in [-0.2, -0.15) is 0 Å². The molecule has 1 aromatic carbocycles. The zero-order chi connectivity index (χ0) is 16.9. The number of nitrogens with zero attached hydrogens (tertiary/aromatic N) is 1. The number of amides is 1. The number of carbonyl (C=O) groups is 1. The van der Waals surface area contributed by atoms with E-state index in [0.29, 0.717) is 22.9 Å². The summed E-state index contributed by atoms with van der Waals surface area (Å²) in [6.07, 6.45) is 1.53. The molecule has 3 aromatic rings. The highest BCUT2D eigenvalue weighted by molar-refractivity contribution is 5.92. The van der Waals surface area contributed by atoms with E-state index in [4.69, 9.17) is 13.9 Å². The molecule has 0 unspecified atom stereocenters. The molecule has 0 spiro atoms. The monoisotopic (exact) mass is 326 g/mol. The summed E-state index contributed by atoms with van der Waals surface area (Å²) in [4.78, 5) is 27.1. The molecule has 0 aliphatic heterocycles. The highest BCUT2D eigenvalue weighted by Crippen LogP contribution is 2.19. The van der Waals surface area contributed by atoms with Crippen molar-refractivity contribution in [3.05, 3.63) is 59.1 Å². The summed E-state index contributed by atoms with van der Waals surface area (Å²) in [5.41, 5.74) is 0.517. The number of hydrogen-bond acceptors (Lipinski definition) is 6. The topological polar surface area (TPSA) is 90.7 Å². The second-order valence-corrected chi connectivity index (χ2v) is 4.88. The lowest BCUT2D eigenvalue weighted by atomic mass is 10.2. The summed E-state index contributed by atoms with van der Waals surface area (Å²) in [5.74, 6) is 0.496. The number of anilines is 1. The van der Waals surface area contributed by atoms with E-state index in [0.717, 1.165) is 5.39 Å². The maximum absolute atomic E-state index is 11.9. The number of aromatic nitrogens is 1. The molecule has 0 saturated carbocycles. The van der Waals surface area contributed by atoms with Crippen LogP contribution in [-0.4, -0.2) is 24.6 Å². The van der Waals surface area contributed by atoms with E-state index >= 15 is 0 Å². The zero-order valence-corrected chi connectivity index (χ0v) is 12.8. The molecule has 2 aromatic heterocycles. The number of nitrogens with one attached hydrogen (secondary N) is 1. The molecule has 0 bridgehead atoms. The van der Waals surface area contributed by atoms with Crippen molar-refractivity contribution in [2.75, 3.05) is 19.0 Å². The summed E-state index contributed by atoms with van der Waals surface area (Å²) in [5, 5.41) is 3.45. The van der Waals surface area contributed by atoms with E-state index in [9.17, 15) is 9.59 Å². The maximum Gasteiger partial charge on any atom is 0.336 e. The van der Waals surface area contributed by atoms with E-state index in [2.05, 4.69) is 10.3 Å². The Morgan fingerprint density at radius 3 is 2.88 bits per heavy atom. The van der Waals surface area contributed by atoms with Crippen molar-refractivity contribution < 1.29 is 18.7 Å². The highest BCUT2D eigenvalue weighted by atomic mass is 16.5. The predicted molar refractivity (Wildman–Crippen MR) is 87.4 cm³/mol. The van der Waals surface area contributed by atoms with E-state index in [1.54, 1.807) is 36.4 Å². The van der Waals surface area contributed by atoms with Crippen LogP contribution in [0.25, 0.3) is 11.0 Å². The molecule has 122 valence electrons. The molecule has 0 radical (unpaired) electrons. The van der Waals surface area contributed by atoms with Gasteiger partial charge in [-0.25, -0.2) is 9.78 Å². The van der Waals surface area contributed by atoms with Crippen molar-refractivity contribution in [3.63, 3.8) is 0 Å². The number of carbonyl (C=O) groups excluding carboxylic acids is 1. The molecule has 1 amide bonds. The van der Waals surface area contributed by atoms with Crippen LogP contribution >= 0.6 is 0 Å². The van der Waals surface area contributed by atoms with Gasteiger partial charge >= 0.3 is 5.63 Å². The second kappa shape index (κ2) is 6.82. The summed E-state index contributed by atoms with van der Waals surface area (Å²) >= 11 is 0. The molecule has 0 atom stereocenters. The Morgan fingerprint density at radius 2 is 2.04 bits per heavy atom. The van der Waals surface area contributed by atoms with Crippen LogP contribution in [0.1, 0.15) is 0 Å². The predicted octanol–water partition coefficient (Wildman–Crippen LogP) is 2.21. The molecule has 3 rings (SSSR count). The summed E-state index contributed by atoms with van der Waals surface area (Å²) in [6.45, 7) is -0.187. The number of benzene rings is 1. The van der Waals surface area contributed by atoms with Gasteiger partial charge < -0.3 is 19.2 Å². The lowest BCUT2D eigenvalue weighted by Gasteiger charge is -2.08. The van der Waals surface area contributed by atoms with Gasteiger partial charge in [0.25, 0.3) is 5.91 Å². The maximum atomic E-state index is 11.9. The lowest BCUT2D eigenvalue weighted by Crippen LogP contribution is -2.20. The highest BCUT2D eigenvalue weighted by Gasteiger charge is 2.06. The minimum Gasteiger partial charge on any atom is -0.484 e. The van der Waals surface area contributed by atoms with Crippen LogP contribution in [0.15, 0.2) is 57.9 Å². The fourth-order valence-corrected chi connectivity index (χ4v) is 2.08. The van der Waals surface area contributed by atoms with E-state index in [1.165, 1.54) is 19.4 Å². The Hall–Kier alpha value is -3.35. The summed E-state index contributed by atoms with van der Waals surface area (Å²) < 4.78 is 15.5. The van der Waals surface area contributed by atoms with Crippen LogP contribution in [-0.2, 0) is 4.79 Å². The van der Waals surface area contributed by atoms with Crippen molar-refractivity contribution in [2.24, 2.45) is 0 Å². The fourth-order valence-electron chi connectivity index (χ4n) is 2.08. The van der Waals surface area contributed by atoms with E-state index in [1.807, 2.05) is 0 Å². The third kappa shape index (κ3) is 3.70. The standard InChI is InChI=1S/C17H14N2O5/c1-22-16-8-12(6-7-18-16)19-15(20)10-23-13-4-2-11-3-5-17(21)24-14(11)9-13/h2-9H,10H2,1H3,(H,18,19,20). The third-order valence-electron chi connectivity index (χ3n) is 3.19. The SMILES string of the molecule is COc1cc(NC(=O)COc2ccc3ccc(=O)oc3c2)ccn1. The van der Waals surface area contributed by atoms with Crippen molar-refractivity contribution >= 4 is 22.6 Å². The third-order valence-corrected chi connectivity index (χ3v) is 3.19. The summed E-state index contributed by atoms with van der Waals surface area (Å²) in [6, 6.07) is 11.3. The molecular weight excluding hydrogens is 312 g/mol. The van der Waals surface area contributed by atoms with Crippen LogP contribution in [0, 0.1) is 0 Å². The first-order chi connectivity index (χ1) is 11.6. The minimum absolute atomic E-state index is 0.187. The molecule has 2 heterocycles. The molecule has 0 saturated heterocycles. The van der Waals surface area contributed by atoms with Crippen molar-refractivity contribution in [1.29, 1.82) is 0 Å². The van der Waals surface area contributed by atoms with E-state index in [-0.39, 0.29) is 12.5 Å². The quantitative estimate of drug-likeness (QED) is 0.723. The minimum atomic E-state index is -0.441. The van der Waals surface area contributed by atoms with Gasteiger partial charge in [0.2, 0.25) is 5.88 Å². The van der Waals surface area contributed by atoms with Gasteiger partial charge in [0.05, 0.1) is 7.11 Å². The average Bonchev–Trinajstić information content (AvgIpc) is 2.59. The molecular formula is C17H14N2O5. The van der Waals surface area contributed by atoms with Gasteiger partial charge in [-0.3, -0.25) is 4.79 Å². The van der Waals surface area contributed by atoms with Crippen LogP contribution in [0.5, 0.6) is 11.6 Å². The van der Waals surface area contributed by atoms with Gasteiger partial charge in [-0.15, -0.1) is 0 Å². The molecule has 1 N–H and O–H groups in total. The Kier molecular flexibility index (Phi) is 4.42. The van der Waals surface area contributed by atoms with Crippen molar-refractivity contribution in [2.45, 2.75) is 0 Å². The largest absolute Gasteiger partial charge is 0.484 e. The number of rotatable bonds is 5. The van der Waals surface area contributed by atoms with Gasteiger partial charge in [-0.05, 0) is 24.3 Å². The molecule has 24 heavy (non-hydrogen) atoms. The number of pyridine rings is 1.